The van der Waals surface area contributed by atoms with E-state index >= 15 is 0 Å². The second-order valence-corrected chi connectivity index (χ2v) is 9.07. The Morgan fingerprint density at radius 1 is 1.23 bits per heavy atom. The molecule has 1 amide bonds. The van der Waals surface area contributed by atoms with Crippen molar-refractivity contribution in [3.05, 3.63) is 34.2 Å². The highest BCUT2D eigenvalue weighted by molar-refractivity contribution is 7.21. The minimum Gasteiger partial charge on any atom is -0.463 e. The summed E-state index contributed by atoms with van der Waals surface area (Å²) in [5.41, 5.74) is 13.3. The van der Waals surface area contributed by atoms with Crippen LogP contribution in [0.2, 0.25) is 5.02 Å². The topological polar surface area (TPSA) is 124 Å². The van der Waals surface area contributed by atoms with E-state index < -0.39 is 5.91 Å². The van der Waals surface area contributed by atoms with Gasteiger partial charge in [-0.05, 0) is 49.7 Å². The number of ether oxygens (including phenoxy) is 1. The van der Waals surface area contributed by atoms with Gasteiger partial charge in [0, 0.05) is 17.2 Å². The van der Waals surface area contributed by atoms with Crippen LogP contribution in [0.4, 0.5) is 5.69 Å². The van der Waals surface area contributed by atoms with Crippen molar-refractivity contribution in [2.75, 3.05) is 18.9 Å². The fourth-order valence-corrected chi connectivity index (χ4v) is 5.00. The number of aliphatic hydroxyl groups excluding tert-OH is 1. The van der Waals surface area contributed by atoms with Crippen LogP contribution in [0.5, 0.6) is 6.01 Å². The molecule has 0 saturated heterocycles. The van der Waals surface area contributed by atoms with E-state index in [1.807, 2.05) is 12.1 Å². The van der Waals surface area contributed by atoms with Crippen LogP contribution in [0, 0.1) is 11.8 Å². The van der Waals surface area contributed by atoms with Crippen molar-refractivity contribution < 1.29 is 14.6 Å². The predicted octanol–water partition coefficient (Wildman–Crippen LogP) is 3.87. The van der Waals surface area contributed by atoms with E-state index in [1.165, 1.54) is 0 Å². The predicted molar refractivity (Wildman–Crippen MR) is 119 cm³/mol. The number of aliphatic hydroxyl groups is 1. The quantitative estimate of drug-likeness (QED) is 0.527. The number of benzene rings is 1. The lowest BCUT2D eigenvalue weighted by Crippen LogP contribution is -2.22. The summed E-state index contributed by atoms with van der Waals surface area (Å²) < 4.78 is 5.96. The number of hydrogen-bond donors (Lipinski definition) is 3. The van der Waals surface area contributed by atoms with Gasteiger partial charge in [-0.25, -0.2) is 0 Å². The Morgan fingerprint density at radius 2 is 1.97 bits per heavy atom. The molecule has 2 aromatic heterocycles. The number of carbonyl (C=O) groups is 1. The zero-order valence-electron chi connectivity index (χ0n) is 16.3. The molecule has 5 N–H and O–H groups in total. The van der Waals surface area contributed by atoms with Gasteiger partial charge < -0.3 is 21.3 Å². The molecule has 0 aliphatic heterocycles. The molecule has 1 aliphatic carbocycles. The van der Waals surface area contributed by atoms with E-state index in [0.29, 0.717) is 39.4 Å². The summed E-state index contributed by atoms with van der Waals surface area (Å²) in [5.74, 6) is 0.191. The van der Waals surface area contributed by atoms with E-state index in [-0.39, 0.29) is 23.2 Å². The van der Waals surface area contributed by atoms with Crippen molar-refractivity contribution in [1.82, 2.24) is 9.97 Å². The van der Waals surface area contributed by atoms with Gasteiger partial charge in [0.05, 0.1) is 23.4 Å². The second-order valence-electron chi connectivity index (χ2n) is 7.63. The van der Waals surface area contributed by atoms with Gasteiger partial charge in [-0.15, -0.1) is 11.3 Å². The van der Waals surface area contributed by atoms with Gasteiger partial charge in [0.25, 0.3) is 5.91 Å². The molecule has 30 heavy (non-hydrogen) atoms. The third-order valence-electron chi connectivity index (χ3n) is 5.56. The Labute approximate surface area is 183 Å². The maximum absolute atomic E-state index is 11.8. The summed E-state index contributed by atoms with van der Waals surface area (Å²) in [6.45, 7) is 0.751. The molecule has 0 unspecified atom stereocenters. The first kappa shape index (κ1) is 20.8. The largest absolute Gasteiger partial charge is 0.463 e. The highest BCUT2D eigenvalue weighted by Gasteiger charge is 2.24. The molecule has 2 heterocycles. The number of amides is 1. The van der Waals surface area contributed by atoms with Gasteiger partial charge in [-0.3, -0.25) is 4.79 Å². The number of primary amides is 1. The van der Waals surface area contributed by atoms with Crippen LogP contribution in [-0.2, 0) is 0 Å². The molecule has 7 nitrogen and oxygen atoms in total. The molecule has 9 heteroatoms. The first-order valence-electron chi connectivity index (χ1n) is 9.85. The molecule has 1 aliphatic rings. The van der Waals surface area contributed by atoms with Crippen LogP contribution in [0.1, 0.15) is 35.4 Å². The van der Waals surface area contributed by atoms with E-state index in [2.05, 4.69) is 9.97 Å². The van der Waals surface area contributed by atoms with Crippen molar-refractivity contribution in [2.45, 2.75) is 25.7 Å². The summed E-state index contributed by atoms with van der Waals surface area (Å²) in [4.78, 5) is 21.7. The molecule has 1 saturated carbocycles. The monoisotopic (exact) mass is 446 g/mol. The molecule has 0 atom stereocenters. The molecule has 3 aromatic rings. The van der Waals surface area contributed by atoms with Crippen molar-refractivity contribution in [3.8, 4) is 17.3 Å². The number of rotatable bonds is 6. The first-order valence-corrected chi connectivity index (χ1v) is 11.0. The van der Waals surface area contributed by atoms with Gasteiger partial charge in [-0.1, -0.05) is 23.7 Å². The number of fused-ring (bicyclic) bond motifs is 1. The first-order chi connectivity index (χ1) is 14.5. The van der Waals surface area contributed by atoms with Crippen molar-refractivity contribution >= 4 is 44.7 Å². The standard InChI is InChI=1S/C21H23ClN4O3S/c22-14-3-1-2-13(8-14)17-15-16(23)18(19(24)28)30-20(15)26-21(25-17)29-10-12-6-4-11(9-27)5-7-12/h1-3,8,11-12,27H,4-7,9-10,23H2,(H2,24,28). The van der Waals surface area contributed by atoms with Crippen molar-refractivity contribution in [3.63, 3.8) is 0 Å². The summed E-state index contributed by atoms with van der Waals surface area (Å²) in [7, 11) is 0. The van der Waals surface area contributed by atoms with E-state index in [9.17, 15) is 9.90 Å². The van der Waals surface area contributed by atoms with Crippen molar-refractivity contribution in [1.29, 1.82) is 0 Å². The average Bonchev–Trinajstić information content (AvgIpc) is 3.09. The summed E-state index contributed by atoms with van der Waals surface area (Å²) in [5, 5.41) is 10.4. The average molecular weight is 447 g/mol. The number of nitrogens with two attached hydrogens (primary N) is 2. The Morgan fingerprint density at radius 3 is 2.63 bits per heavy atom. The number of thiophene rings is 1. The summed E-state index contributed by atoms with van der Waals surface area (Å²) in [6, 6.07) is 7.48. The van der Waals surface area contributed by atoms with Crippen LogP contribution < -0.4 is 16.2 Å². The number of halogens is 1. The third-order valence-corrected chi connectivity index (χ3v) is 6.91. The van der Waals surface area contributed by atoms with Crippen LogP contribution in [0.15, 0.2) is 24.3 Å². The molecule has 158 valence electrons. The minimum absolute atomic E-state index is 0.235. The van der Waals surface area contributed by atoms with Gasteiger partial charge in [0.15, 0.2) is 0 Å². The lowest BCUT2D eigenvalue weighted by molar-refractivity contribution is 0.100. The Kier molecular flexibility index (Phi) is 6.08. The smallest absolute Gasteiger partial charge is 0.318 e. The third kappa shape index (κ3) is 4.21. The lowest BCUT2D eigenvalue weighted by atomic mass is 9.83. The molecule has 1 fully saturated rings. The summed E-state index contributed by atoms with van der Waals surface area (Å²) >= 11 is 7.30. The number of carbonyl (C=O) groups excluding carboxylic acids is 1. The molecule has 1 aromatic carbocycles. The number of aromatic nitrogens is 2. The molecular formula is C21H23ClN4O3S. The second kappa shape index (κ2) is 8.75. The van der Waals surface area contributed by atoms with Gasteiger partial charge >= 0.3 is 6.01 Å². The maximum atomic E-state index is 11.8. The van der Waals surface area contributed by atoms with E-state index in [1.54, 1.807) is 12.1 Å². The molecule has 0 bridgehead atoms. The molecule has 0 radical (unpaired) electrons. The Hall–Kier alpha value is -2.42. The molecular weight excluding hydrogens is 424 g/mol. The normalized spacial score (nSPS) is 19.1. The van der Waals surface area contributed by atoms with Gasteiger partial charge in [0.1, 0.15) is 9.71 Å². The number of nitrogens with zero attached hydrogens (tertiary/aromatic N) is 2. The van der Waals surface area contributed by atoms with E-state index in [0.717, 1.165) is 42.6 Å². The van der Waals surface area contributed by atoms with Crippen LogP contribution in [-0.4, -0.2) is 34.2 Å². The van der Waals surface area contributed by atoms with Crippen LogP contribution in [0.25, 0.3) is 21.5 Å². The number of hydrogen-bond acceptors (Lipinski definition) is 7. The fraction of sp³-hybridized carbons (Fsp3) is 0.381. The van der Waals surface area contributed by atoms with Crippen LogP contribution >= 0.6 is 22.9 Å². The van der Waals surface area contributed by atoms with Crippen LogP contribution in [0.3, 0.4) is 0 Å². The van der Waals surface area contributed by atoms with Gasteiger partial charge in [0.2, 0.25) is 0 Å². The zero-order chi connectivity index (χ0) is 21.3. The minimum atomic E-state index is -0.601. The van der Waals surface area contributed by atoms with E-state index in [4.69, 9.17) is 27.8 Å². The maximum Gasteiger partial charge on any atom is 0.318 e. The highest BCUT2D eigenvalue weighted by atomic mass is 35.5. The molecule has 0 spiro atoms. The fourth-order valence-electron chi connectivity index (χ4n) is 3.87. The molecule has 4 rings (SSSR count). The lowest BCUT2D eigenvalue weighted by Gasteiger charge is -2.26. The Bertz CT molecular complexity index is 1080. The SMILES string of the molecule is NC(=O)c1sc2nc(OCC3CCC(CO)CC3)nc(-c3cccc(Cl)c3)c2c1N. The highest BCUT2D eigenvalue weighted by Crippen LogP contribution is 2.39. The van der Waals surface area contributed by atoms with Gasteiger partial charge in [-0.2, -0.15) is 9.97 Å². The number of anilines is 1. The summed E-state index contributed by atoms with van der Waals surface area (Å²) in [6.07, 6.45) is 4.02. The zero-order valence-corrected chi connectivity index (χ0v) is 17.9. The number of nitrogen functional groups attached to an aromatic ring is 1. The Balaban J connectivity index is 1.68. The van der Waals surface area contributed by atoms with Crippen molar-refractivity contribution in [2.24, 2.45) is 17.6 Å².